The first-order valence-electron chi connectivity index (χ1n) is 7.15. The molecule has 0 amide bonds. The number of piperidine rings is 1. The van der Waals surface area contributed by atoms with E-state index in [2.05, 4.69) is 22.0 Å². The van der Waals surface area contributed by atoms with E-state index >= 15 is 0 Å². The number of nitrogens with two attached hydrogens (primary N) is 1. The smallest absolute Gasteiger partial charge is 0.244 e. The van der Waals surface area contributed by atoms with Gasteiger partial charge in [0, 0.05) is 24.8 Å². The van der Waals surface area contributed by atoms with Crippen molar-refractivity contribution in [2.45, 2.75) is 32.1 Å². The zero-order chi connectivity index (χ0) is 13.3. The Morgan fingerprint density at radius 3 is 2.89 bits per heavy atom. The minimum atomic E-state index is 0.303. The van der Waals surface area contributed by atoms with Crippen LogP contribution >= 0.6 is 11.8 Å². The van der Waals surface area contributed by atoms with Gasteiger partial charge in [-0.3, -0.25) is 5.10 Å². The molecule has 1 aromatic rings. The highest BCUT2D eigenvalue weighted by Crippen LogP contribution is 2.33. The summed E-state index contributed by atoms with van der Waals surface area (Å²) in [6.07, 6.45) is 3.49. The summed E-state index contributed by atoms with van der Waals surface area (Å²) in [5.74, 6) is 4.96. The highest BCUT2D eigenvalue weighted by Gasteiger charge is 2.30. The number of hydrogen-bond donors (Lipinski definition) is 2. The van der Waals surface area contributed by atoms with E-state index in [1.807, 2.05) is 11.8 Å². The fourth-order valence-electron chi connectivity index (χ4n) is 2.79. The number of H-pyrrole nitrogens is 1. The number of thioether (sulfide) groups is 1. The molecule has 0 radical (unpaired) electrons. The van der Waals surface area contributed by atoms with Gasteiger partial charge in [0.15, 0.2) is 0 Å². The summed E-state index contributed by atoms with van der Waals surface area (Å²) in [4.78, 5) is 7.00. The molecule has 106 valence electrons. The van der Waals surface area contributed by atoms with Crippen molar-refractivity contribution in [2.75, 3.05) is 36.0 Å². The van der Waals surface area contributed by atoms with Crippen LogP contribution in [-0.2, 0) is 0 Å². The topological polar surface area (TPSA) is 70.8 Å². The highest BCUT2D eigenvalue weighted by molar-refractivity contribution is 7.99. The molecule has 0 bridgehead atoms. The van der Waals surface area contributed by atoms with Gasteiger partial charge in [-0.05, 0) is 37.0 Å². The van der Waals surface area contributed by atoms with Crippen molar-refractivity contribution >= 4 is 17.7 Å². The van der Waals surface area contributed by atoms with E-state index in [9.17, 15) is 0 Å². The van der Waals surface area contributed by atoms with E-state index in [1.54, 1.807) is 0 Å². The van der Waals surface area contributed by atoms with E-state index in [0.29, 0.717) is 11.3 Å². The number of anilines is 1. The molecule has 0 aliphatic carbocycles. The molecule has 2 aliphatic heterocycles. The quantitative estimate of drug-likeness (QED) is 0.880. The van der Waals surface area contributed by atoms with E-state index in [-0.39, 0.29) is 0 Å². The Hall–Kier alpha value is -0.750. The van der Waals surface area contributed by atoms with Crippen LogP contribution in [0.25, 0.3) is 0 Å². The van der Waals surface area contributed by atoms with Crippen molar-refractivity contribution < 1.29 is 0 Å². The molecule has 1 unspecified atom stereocenters. The average molecular weight is 281 g/mol. The maximum absolute atomic E-state index is 5.85. The predicted octanol–water partition coefficient (Wildman–Crippen LogP) is 1.59. The van der Waals surface area contributed by atoms with Crippen molar-refractivity contribution in [3.8, 4) is 0 Å². The SMILES string of the molecule is CC1(CN)CCN(c2n[nH]c(C3CCSC3)n2)CC1. The molecule has 2 aliphatic rings. The lowest BCUT2D eigenvalue weighted by atomic mass is 9.81. The van der Waals surface area contributed by atoms with Crippen LogP contribution in [0.2, 0.25) is 0 Å². The van der Waals surface area contributed by atoms with Crippen LogP contribution in [0.15, 0.2) is 0 Å². The van der Waals surface area contributed by atoms with Crippen LogP contribution in [-0.4, -0.2) is 46.3 Å². The number of hydrogen-bond acceptors (Lipinski definition) is 5. The fraction of sp³-hybridized carbons (Fsp3) is 0.846. The van der Waals surface area contributed by atoms with Crippen LogP contribution in [0.3, 0.4) is 0 Å². The summed E-state index contributed by atoms with van der Waals surface area (Å²) >= 11 is 2.01. The molecule has 6 heteroatoms. The Morgan fingerprint density at radius 2 is 2.26 bits per heavy atom. The monoisotopic (exact) mass is 281 g/mol. The number of nitrogens with zero attached hydrogens (tertiary/aromatic N) is 3. The van der Waals surface area contributed by atoms with Crippen molar-refractivity contribution in [1.82, 2.24) is 15.2 Å². The molecule has 19 heavy (non-hydrogen) atoms. The number of aromatic amines is 1. The Labute approximate surface area is 118 Å². The molecule has 0 spiro atoms. The Kier molecular flexibility index (Phi) is 3.71. The Morgan fingerprint density at radius 1 is 1.47 bits per heavy atom. The van der Waals surface area contributed by atoms with Gasteiger partial charge in [-0.15, -0.1) is 5.10 Å². The van der Waals surface area contributed by atoms with E-state index in [0.717, 1.165) is 44.2 Å². The van der Waals surface area contributed by atoms with E-state index in [1.165, 1.54) is 17.9 Å². The first-order chi connectivity index (χ1) is 9.20. The molecule has 3 N–H and O–H groups in total. The van der Waals surface area contributed by atoms with Crippen LogP contribution < -0.4 is 10.6 Å². The highest BCUT2D eigenvalue weighted by atomic mass is 32.2. The molecule has 2 fully saturated rings. The number of rotatable bonds is 3. The largest absolute Gasteiger partial charge is 0.340 e. The molecule has 3 rings (SSSR count). The van der Waals surface area contributed by atoms with Crippen molar-refractivity contribution in [2.24, 2.45) is 11.1 Å². The molecule has 5 nitrogen and oxygen atoms in total. The second-order valence-corrected chi connectivity index (χ2v) is 7.23. The second-order valence-electron chi connectivity index (χ2n) is 6.08. The normalized spacial score (nSPS) is 26.8. The van der Waals surface area contributed by atoms with Gasteiger partial charge < -0.3 is 10.6 Å². The molecule has 0 aromatic carbocycles. The van der Waals surface area contributed by atoms with Gasteiger partial charge in [-0.2, -0.15) is 16.7 Å². The summed E-state index contributed by atoms with van der Waals surface area (Å²) in [6.45, 7) is 5.09. The molecule has 2 saturated heterocycles. The molecule has 1 atom stereocenters. The summed E-state index contributed by atoms with van der Waals surface area (Å²) in [5, 5.41) is 7.55. The summed E-state index contributed by atoms with van der Waals surface area (Å²) < 4.78 is 0. The summed E-state index contributed by atoms with van der Waals surface area (Å²) in [5.41, 5.74) is 6.15. The third kappa shape index (κ3) is 2.74. The first kappa shape index (κ1) is 13.2. The van der Waals surface area contributed by atoms with E-state index in [4.69, 9.17) is 10.7 Å². The van der Waals surface area contributed by atoms with Crippen molar-refractivity contribution in [3.05, 3.63) is 5.82 Å². The van der Waals surface area contributed by atoms with Gasteiger partial charge in [-0.25, -0.2) is 0 Å². The molecule has 0 saturated carbocycles. The van der Waals surface area contributed by atoms with Crippen molar-refractivity contribution in [3.63, 3.8) is 0 Å². The lowest BCUT2D eigenvalue weighted by molar-refractivity contribution is 0.257. The second kappa shape index (κ2) is 5.32. The lowest BCUT2D eigenvalue weighted by Crippen LogP contribution is -2.42. The standard InChI is InChI=1S/C13H23N5S/c1-13(9-14)3-5-18(6-4-13)12-15-11(16-17-12)10-2-7-19-8-10/h10H,2-9,14H2,1H3,(H,15,16,17). The first-order valence-corrected chi connectivity index (χ1v) is 8.31. The molecular weight excluding hydrogens is 258 g/mol. The zero-order valence-electron chi connectivity index (χ0n) is 11.6. The summed E-state index contributed by atoms with van der Waals surface area (Å²) in [7, 11) is 0. The van der Waals surface area contributed by atoms with Crippen molar-refractivity contribution in [1.29, 1.82) is 0 Å². The predicted molar refractivity (Wildman–Crippen MR) is 79.7 cm³/mol. The van der Waals surface area contributed by atoms with Gasteiger partial charge in [0.05, 0.1) is 0 Å². The van der Waals surface area contributed by atoms with Crippen LogP contribution in [0.5, 0.6) is 0 Å². The Bertz CT molecular complexity index is 418. The van der Waals surface area contributed by atoms with Crippen LogP contribution in [0.1, 0.15) is 37.9 Å². The molecule has 1 aromatic heterocycles. The van der Waals surface area contributed by atoms with Crippen LogP contribution in [0.4, 0.5) is 5.95 Å². The third-order valence-electron chi connectivity index (χ3n) is 4.55. The minimum Gasteiger partial charge on any atom is -0.340 e. The van der Waals surface area contributed by atoms with Gasteiger partial charge >= 0.3 is 0 Å². The van der Waals surface area contributed by atoms with Gasteiger partial charge in [0.25, 0.3) is 0 Å². The average Bonchev–Trinajstić information content (AvgIpc) is 3.10. The van der Waals surface area contributed by atoms with Gasteiger partial charge in [-0.1, -0.05) is 6.92 Å². The number of nitrogens with one attached hydrogen (secondary N) is 1. The Balaban J connectivity index is 1.64. The van der Waals surface area contributed by atoms with E-state index < -0.39 is 0 Å². The molecular formula is C13H23N5S. The van der Waals surface area contributed by atoms with Crippen LogP contribution in [0, 0.1) is 5.41 Å². The minimum absolute atomic E-state index is 0.303. The maximum atomic E-state index is 5.85. The zero-order valence-corrected chi connectivity index (χ0v) is 12.4. The maximum Gasteiger partial charge on any atom is 0.244 e. The number of aromatic nitrogens is 3. The van der Waals surface area contributed by atoms with Gasteiger partial charge in [0.2, 0.25) is 5.95 Å². The third-order valence-corrected chi connectivity index (χ3v) is 5.72. The fourth-order valence-corrected chi connectivity index (χ4v) is 4.02. The molecule has 3 heterocycles. The summed E-state index contributed by atoms with van der Waals surface area (Å²) in [6, 6.07) is 0. The lowest BCUT2D eigenvalue weighted by Gasteiger charge is -2.38. The van der Waals surface area contributed by atoms with Gasteiger partial charge in [0.1, 0.15) is 5.82 Å².